The summed E-state index contributed by atoms with van der Waals surface area (Å²) in [7, 11) is 0. The lowest BCUT2D eigenvalue weighted by Gasteiger charge is -2.24. The molecule has 3 aromatic rings. The first kappa shape index (κ1) is 15.5. The molecule has 1 N–H and O–H groups in total. The highest BCUT2D eigenvalue weighted by Crippen LogP contribution is 2.31. The van der Waals surface area contributed by atoms with E-state index in [4.69, 9.17) is 0 Å². The third-order valence-electron chi connectivity index (χ3n) is 4.62. The number of rotatable bonds is 4. The molecule has 2 heterocycles. The zero-order valence-corrected chi connectivity index (χ0v) is 13.8. The standard InChI is InChI=1S/C19H19N5O/c25-19(17-7-3-5-15-4-1-2-6-16(15)17)22-11-14-8-9-18(21-10-14)24-13-20-12-23-24/h1-2,4,6,8-10,12-13,17H,3,5,7,11H2,(H,22,25)/t17-/m1/s1. The van der Waals surface area contributed by atoms with Gasteiger partial charge in [0.15, 0.2) is 5.82 Å². The van der Waals surface area contributed by atoms with Crippen LogP contribution in [0.5, 0.6) is 0 Å². The third kappa shape index (κ3) is 3.28. The van der Waals surface area contributed by atoms with Crippen molar-refractivity contribution in [2.45, 2.75) is 31.7 Å². The molecule has 6 nitrogen and oxygen atoms in total. The maximum Gasteiger partial charge on any atom is 0.227 e. The van der Waals surface area contributed by atoms with Gasteiger partial charge in [-0.1, -0.05) is 30.3 Å². The molecule has 1 aromatic carbocycles. The molecular formula is C19H19N5O. The first-order valence-electron chi connectivity index (χ1n) is 8.47. The number of pyridine rings is 1. The number of carbonyl (C=O) groups is 1. The van der Waals surface area contributed by atoms with E-state index in [9.17, 15) is 4.79 Å². The second kappa shape index (κ2) is 6.84. The first-order chi connectivity index (χ1) is 12.3. The highest BCUT2D eigenvalue weighted by atomic mass is 16.1. The summed E-state index contributed by atoms with van der Waals surface area (Å²) in [6.07, 6.45) is 7.86. The number of nitrogens with zero attached hydrogens (tertiary/aromatic N) is 4. The third-order valence-corrected chi connectivity index (χ3v) is 4.62. The van der Waals surface area contributed by atoms with Crippen LogP contribution in [0.3, 0.4) is 0 Å². The van der Waals surface area contributed by atoms with Gasteiger partial charge < -0.3 is 5.32 Å². The predicted octanol–water partition coefficient (Wildman–Crippen LogP) is 2.40. The highest BCUT2D eigenvalue weighted by molar-refractivity contribution is 5.84. The molecule has 4 rings (SSSR count). The quantitative estimate of drug-likeness (QED) is 0.796. The number of aromatic nitrogens is 4. The smallest absolute Gasteiger partial charge is 0.227 e. The van der Waals surface area contributed by atoms with Crippen molar-refractivity contribution in [3.63, 3.8) is 0 Å². The summed E-state index contributed by atoms with van der Waals surface area (Å²) in [5.74, 6) is 0.744. The Hall–Kier alpha value is -3.02. The summed E-state index contributed by atoms with van der Waals surface area (Å²) in [5, 5.41) is 7.10. The number of hydrogen-bond donors (Lipinski definition) is 1. The van der Waals surface area contributed by atoms with Crippen LogP contribution in [0.1, 0.15) is 35.4 Å². The molecule has 1 aliphatic carbocycles. The fourth-order valence-electron chi connectivity index (χ4n) is 3.32. The van der Waals surface area contributed by atoms with Crippen LogP contribution in [0, 0.1) is 0 Å². The molecule has 2 aromatic heterocycles. The zero-order valence-electron chi connectivity index (χ0n) is 13.8. The Kier molecular flexibility index (Phi) is 4.24. The van der Waals surface area contributed by atoms with Gasteiger partial charge in [0.05, 0.1) is 5.92 Å². The molecule has 0 unspecified atom stereocenters. The minimum Gasteiger partial charge on any atom is -0.351 e. The lowest BCUT2D eigenvalue weighted by molar-refractivity contribution is -0.123. The molecule has 1 atom stereocenters. The van der Waals surface area contributed by atoms with Gasteiger partial charge >= 0.3 is 0 Å². The lowest BCUT2D eigenvalue weighted by Crippen LogP contribution is -2.31. The summed E-state index contributed by atoms with van der Waals surface area (Å²) in [6.45, 7) is 0.474. The number of amides is 1. The Morgan fingerprint density at radius 3 is 2.96 bits per heavy atom. The van der Waals surface area contributed by atoms with E-state index in [-0.39, 0.29) is 11.8 Å². The summed E-state index contributed by atoms with van der Waals surface area (Å²) in [4.78, 5) is 20.9. The predicted molar refractivity (Wildman–Crippen MR) is 93.1 cm³/mol. The van der Waals surface area contributed by atoms with Crippen molar-refractivity contribution in [1.29, 1.82) is 0 Å². The number of carbonyl (C=O) groups excluding carboxylic acids is 1. The van der Waals surface area contributed by atoms with Gasteiger partial charge in [-0.3, -0.25) is 4.79 Å². The van der Waals surface area contributed by atoms with Crippen molar-refractivity contribution in [2.24, 2.45) is 0 Å². The van der Waals surface area contributed by atoms with E-state index in [0.717, 1.165) is 24.8 Å². The van der Waals surface area contributed by atoms with Crippen molar-refractivity contribution in [3.8, 4) is 5.82 Å². The molecule has 0 spiro atoms. The normalized spacial score (nSPS) is 16.2. The topological polar surface area (TPSA) is 72.7 Å². The van der Waals surface area contributed by atoms with Crippen LogP contribution >= 0.6 is 0 Å². The average Bonchev–Trinajstić information content (AvgIpc) is 3.21. The summed E-state index contributed by atoms with van der Waals surface area (Å²) in [5.41, 5.74) is 3.43. The van der Waals surface area contributed by atoms with Gasteiger partial charge in [-0.25, -0.2) is 14.6 Å². The van der Waals surface area contributed by atoms with Crippen LogP contribution in [0.4, 0.5) is 0 Å². The van der Waals surface area contributed by atoms with E-state index < -0.39 is 0 Å². The van der Waals surface area contributed by atoms with E-state index in [1.165, 1.54) is 17.5 Å². The fourth-order valence-corrected chi connectivity index (χ4v) is 3.32. The largest absolute Gasteiger partial charge is 0.351 e. The van der Waals surface area contributed by atoms with Crippen LogP contribution in [-0.4, -0.2) is 25.7 Å². The zero-order chi connectivity index (χ0) is 17.1. The molecule has 0 bridgehead atoms. The Morgan fingerprint density at radius 1 is 1.24 bits per heavy atom. The fraction of sp³-hybridized carbons (Fsp3) is 0.263. The van der Waals surface area contributed by atoms with Crippen molar-refractivity contribution in [2.75, 3.05) is 0 Å². The molecule has 0 fully saturated rings. The number of benzene rings is 1. The summed E-state index contributed by atoms with van der Waals surface area (Å²) < 4.78 is 1.60. The monoisotopic (exact) mass is 333 g/mol. The summed E-state index contributed by atoms with van der Waals surface area (Å²) >= 11 is 0. The van der Waals surface area contributed by atoms with Crippen LogP contribution in [0.15, 0.2) is 55.2 Å². The van der Waals surface area contributed by atoms with E-state index in [0.29, 0.717) is 12.4 Å². The van der Waals surface area contributed by atoms with E-state index >= 15 is 0 Å². The molecule has 0 saturated heterocycles. The van der Waals surface area contributed by atoms with Crippen molar-refractivity contribution in [3.05, 3.63) is 71.9 Å². The Labute approximate surface area is 145 Å². The highest BCUT2D eigenvalue weighted by Gasteiger charge is 2.25. The number of fused-ring (bicyclic) bond motifs is 1. The lowest BCUT2D eigenvalue weighted by atomic mass is 9.82. The SMILES string of the molecule is O=C(NCc1ccc(-n2cncn2)nc1)[C@@H]1CCCc2ccccc21. The summed E-state index contributed by atoms with van der Waals surface area (Å²) in [6, 6.07) is 12.1. The maximum absolute atomic E-state index is 12.6. The maximum atomic E-state index is 12.6. The van der Waals surface area contributed by atoms with E-state index in [1.54, 1.807) is 17.2 Å². The average molecular weight is 333 g/mol. The van der Waals surface area contributed by atoms with Gasteiger partial charge in [0, 0.05) is 12.7 Å². The van der Waals surface area contributed by atoms with E-state index in [2.05, 4.69) is 32.5 Å². The van der Waals surface area contributed by atoms with Crippen molar-refractivity contribution < 1.29 is 4.79 Å². The van der Waals surface area contributed by atoms with Crippen molar-refractivity contribution in [1.82, 2.24) is 25.1 Å². The van der Waals surface area contributed by atoms with E-state index in [1.807, 2.05) is 24.3 Å². The second-order valence-electron chi connectivity index (χ2n) is 6.23. The minimum atomic E-state index is -0.0488. The molecule has 25 heavy (non-hydrogen) atoms. The van der Waals surface area contributed by atoms with Gasteiger partial charge in [0.2, 0.25) is 5.91 Å². The van der Waals surface area contributed by atoms with Crippen LogP contribution in [0.25, 0.3) is 5.82 Å². The van der Waals surface area contributed by atoms with Crippen LogP contribution in [0.2, 0.25) is 0 Å². The molecule has 6 heteroatoms. The molecule has 1 aliphatic rings. The number of nitrogens with one attached hydrogen (secondary N) is 1. The molecule has 126 valence electrons. The molecule has 0 radical (unpaired) electrons. The Bertz CT molecular complexity index is 858. The molecular weight excluding hydrogens is 314 g/mol. The molecule has 1 amide bonds. The van der Waals surface area contributed by atoms with Gasteiger partial charge in [0.1, 0.15) is 12.7 Å². The molecule has 0 saturated carbocycles. The van der Waals surface area contributed by atoms with Gasteiger partial charge in [0.25, 0.3) is 0 Å². The molecule has 0 aliphatic heterocycles. The number of hydrogen-bond acceptors (Lipinski definition) is 4. The minimum absolute atomic E-state index is 0.0488. The Balaban J connectivity index is 1.41. The van der Waals surface area contributed by atoms with Crippen molar-refractivity contribution >= 4 is 5.91 Å². The first-order valence-corrected chi connectivity index (χ1v) is 8.47. The Morgan fingerprint density at radius 2 is 2.16 bits per heavy atom. The van der Waals surface area contributed by atoms with Crippen LogP contribution < -0.4 is 5.32 Å². The van der Waals surface area contributed by atoms with Gasteiger partial charge in [-0.05, 0) is 42.0 Å². The van der Waals surface area contributed by atoms with Crippen LogP contribution in [-0.2, 0) is 17.8 Å². The second-order valence-corrected chi connectivity index (χ2v) is 6.23. The van der Waals surface area contributed by atoms with Gasteiger partial charge in [-0.15, -0.1) is 0 Å². The van der Waals surface area contributed by atoms with Gasteiger partial charge in [-0.2, -0.15) is 5.10 Å². The number of aryl methyl sites for hydroxylation is 1.